The zero-order valence-electron chi connectivity index (χ0n) is 8.15. The predicted octanol–water partition coefficient (Wildman–Crippen LogP) is 0.144. The highest BCUT2D eigenvalue weighted by Crippen LogP contribution is 2.13. The van der Waals surface area contributed by atoms with Gasteiger partial charge in [0.05, 0.1) is 12.1 Å². The molecule has 0 fully saturated rings. The molecule has 0 atom stereocenters. The van der Waals surface area contributed by atoms with Crippen LogP contribution in [0, 0.1) is 0 Å². The molecule has 0 aromatic carbocycles. The SMILES string of the molecule is CNCc1noc(-c2ccc(=O)[nH]c2)n1. The number of hydrogen-bond acceptors (Lipinski definition) is 5. The largest absolute Gasteiger partial charge is 0.334 e. The van der Waals surface area contributed by atoms with Gasteiger partial charge in [-0.3, -0.25) is 4.79 Å². The van der Waals surface area contributed by atoms with Gasteiger partial charge in [-0.1, -0.05) is 5.16 Å². The lowest BCUT2D eigenvalue weighted by Crippen LogP contribution is -2.06. The van der Waals surface area contributed by atoms with Gasteiger partial charge in [0.2, 0.25) is 5.56 Å². The van der Waals surface area contributed by atoms with Gasteiger partial charge in [0.1, 0.15) is 0 Å². The minimum atomic E-state index is -0.159. The van der Waals surface area contributed by atoms with Gasteiger partial charge in [-0.15, -0.1) is 0 Å². The second kappa shape index (κ2) is 4.05. The van der Waals surface area contributed by atoms with Crippen LogP contribution < -0.4 is 10.9 Å². The molecular formula is C9H10N4O2. The third kappa shape index (κ3) is 2.10. The Hall–Kier alpha value is -1.95. The van der Waals surface area contributed by atoms with Crippen LogP contribution in [0.1, 0.15) is 5.82 Å². The van der Waals surface area contributed by atoms with Gasteiger partial charge in [0, 0.05) is 12.3 Å². The van der Waals surface area contributed by atoms with Crippen LogP contribution in [0.5, 0.6) is 0 Å². The van der Waals surface area contributed by atoms with Gasteiger partial charge in [0.25, 0.3) is 5.89 Å². The van der Waals surface area contributed by atoms with E-state index in [4.69, 9.17) is 4.52 Å². The molecule has 0 aliphatic carbocycles. The molecule has 0 aliphatic rings. The second-order valence-electron chi connectivity index (χ2n) is 2.99. The highest BCUT2D eigenvalue weighted by Gasteiger charge is 2.07. The zero-order chi connectivity index (χ0) is 10.7. The van der Waals surface area contributed by atoms with E-state index < -0.39 is 0 Å². The summed E-state index contributed by atoms with van der Waals surface area (Å²) in [6, 6.07) is 3.05. The van der Waals surface area contributed by atoms with E-state index in [9.17, 15) is 4.79 Å². The molecule has 78 valence electrons. The van der Waals surface area contributed by atoms with Crippen molar-refractivity contribution in [2.24, 2.45) is 0 Å². The molecule has 2 aromatic rings. The normalized spacial score (nSPS) is 10.5. The van der Waals surface area contributed by atoms with E-state index in [1.165, 1.54) is 6.07 Å². The summed E-state index contributed by atoms with van der Waals surface area (Å²) in [6.07, 6.45) is 1.54. The molecule has 0 bridgehead atoms. The Balaban J connectivity index is 2.29. The molecule has 0 spiro atoms. The summed E-state index contributed by atoms with van der Waals surface area (Å²) in [5, 5.41) is 6.68. The summed E-state index contributed by atoms with van der Waals surface area (Å²) in [7, 11) is 1.80. The van der Waals surface area contributed by atoms with Crippen molar-refractivity contribution < 1.29 is 4.52 Å². The lowest BCUT2D eigenvalue weighted by atomic mass is 10.3. The molecule has 0 unspecified atom stereocenters. The monoisotopic (exact) mass is 206 g/mol. The number of nitrogens with zero attached hydrogens (tertiary/aromatic N) is 2. The number of pyridine rings is 1. The van der Waals surface area contributed by atoms with Crippen molar-refractivity contribution in [1.82, 2.24) is 20.4 Å². The summed E-state index contributed by atoms with van der Waals surface area (Å²) < 4.78 is 5.02. The van der Waals surface area contributed by atoms with E-state index in [2.05, 4.69) is 20.4 Å². The third-order valence-corrected chi connectivity index (χ3v) is 1.83. The summed E-state index contributed by atoms with van der Waals surface area (Å²) in [5.74, 6) is 0.982. The van der Waals surface area contributed by atoms with E-state index in [1.807, 2.05) is 0 Å². The Kier molecular flexibility index (Phi) is 2.59. The van der Waals surface area contributed by atoms with Crippen LogP contribution in [0.4, 0.5) is 0 Å². The van der Waals surface area contributed by atoms with Crippen molar-refractivity contribution in [3.63, 3.8) is 0 Å². The van der Waals surface area contributed by atoms with Gasteiger partial charge in [0.15, 0.2) is 5.82 Å². The van der Waals surface area contributed by atoms with Crippen molar-refractivity contribution in [2.45, 2.75) is 6.54 Å². The average molecular weight is 206 g/mol. The van der Waals surface area contributed by atoms with Crippen molar-refractivity contribution in [1.29, 1.82) is 0 Å². The highest BCUT2D eigenvalue weighted by atomic mass is 16.5. The summed E-state index contributed by atoms with van der Waals surface area (Å²) in [6.45, 7) is 0.548. The standard InChI is InChI=1S/C9H10N4O2/c1-10-5-7-12-9(15-13-7)6-2-3-8(14)11-4-6/h2-4,10H,5H2,1H3,(H,11,14). The molecule has 0 aliphatic heterocycles. The number of aromatic nitrogens is 3. The quantitative estimate of drug-likeness (QED) is 0.746. The van der Waals surface area contributed by atoms with Gasteiger partial charge < -0.3 is 14.8 Å². The molecule has 0 amide bonds. The van der Waals surface area contributed by atoms with Crippen LogP contribution in [0.3, 0.4) is 0 Å². The molecular weight excluding hydrogens is 196 g/mol. The first kappa shape index (κ1) is 9.60. The van der Waals surface area contributed by atoms with Crippen LogP contribution >= 0.6 is 0 Å². The van der Waals surface area contributed by atoms with E-state index in [1.54, 1.807) is 19.3 Å². The van der Waals surface area contributed by atoms with Gasteiger partial charge in [-0.05, 0) is 13.1 Å². The maximum Gasteiger partial charge on any atom is 0.259 e. The Labute approximate surface area is 85.3 Å². The fourth-order valence-corrected chi connectivity index (χ4v) is 1.14. The van der Waals surface area contributed by atoms with Crippen LogP contribution in [0.2, 0.25) is 0 Å². The molecule has 0 saturated carbocycles. The minimum absolute atomic E-state index is 0.159. The number of hydrogen-bond donors (Lipinski definition) is 2. The topological polar surface area (TPSA) is 83.8 Å². The lowest BCUT2D eigenvalue weighted by Gasteiger charge is -1.90. The zero-order valence-corrected chi connectivity index (χ0v) is 8.15. The molecule has 0 radical (unpaired) electrons. The van der Waals surface area contributed by atoms with E-state index in [0.29, 0.717) is 23.8 Å². The van der Waals surface area contributed by atoms with Crippen LogP contribution in [0.25, 0.3) is 11.5 Å². The maximum atomic E-state index is 10.8. The van der Waals surface area contributed by atoms with E-state index in [0.717, 1.165) is 0 Å². The molecule has 0 saturated heterocycles. The number of rotatable bonds is 3. The first-order valence-corrected chi connectivity index (χ1v) is 4.46. The molecule has 2 N–H and O–H groups in total. The lowest BCUT2D eigenvalue weighted by molar-refractivity contribution is 0.420. The molecule has 2 rings (SSSR count). The smallest absolute Gasteiger partial charge is 0.259 e. The van der Waals surface area contributed by atoms with E-state index in [-0.39, 0.29) is 5.56 Å². The van der Waals surface area contributed by atoms with Gasteiger partial charge in [-0.2, -0.15) is 4.98 Å². The van der Waals surface area contributed by atoms with Crippen molar-refractivity contribution in [3.8, 4) is 11.5 Å². The molecule has 2 heterocycles. The highest BCUT2D eigenvalue weighted by molar-refractivity contribution is 5.50. The fourth-order valence-electron chi connectivity index (χ4n) is 1.14. The van der Waals surface area contributed by atoms with Crippen LogP contribution in [0.15, 0.2) is 27.6 Å². The molecule has 6 heteroatoms. The van der Waals surface area contributed by atoms with Crippen molar-refractivity contribution in [2.75, 3.05) is 7.05 Å². The van der Waals surface area contributed by atoms with E-state index >= 15 is 0 Å². The van der Waals surface area contributed by atoms with Gasteiger partial charge >= 0.3 is 0 Å². The first-order valence-electron chi connectivity index (χ1n) is 4.46. The summed E-state index contributed by atoms with van der Waals surface area (Å²) >= 11 is 0. The maximum absolute atomic E-state index is 10.8. The fraction of sp³-hybridized carbons (Fsp3) is 0.222. The minimum Gasteiger partial charge on any atom is -0.334 e. The molecule has 15 heavy (non-hydrogen) atoms. The molecule has 2 aromatic heterocycles. The first-order chi connectivity index (χ1) is 7.29. The van der Waals surface area contributed by atoms with Crippen LogP contribution in [-0.2, 0) is 6.54 Å². The molecule has 6 nitrogen and oxygen atoms in total. The second-order valence-corrected chi connectivity index (χ2v) is 2.99. The Morgan fingerprint density at radius 3 is 3.07 bits per heavy atom. The Morgan fingerprint density at radius 1 is 1.53 bits per heavy atom. The summed E-state index contributed by atoms with van der Waals surface area (Å²) in [4.78, 5) is 17.5. The Bertz CT molecular complexity index is 482. The number of aromatic amines is 1. The number of nitrogens with one attached hydrogen (secondary N) is 2. The summed E-state index contributed by atoms with van der Waals surface area (Å²) in [5.41, 5.74) is 0.540. The Morgan fingerprint density at radius 2 is 2.40 bits per heavy atom. The predicted molar refractivity (Wildman–Crippen MR) is 53.1 cm³/mol. The van der Waals surface area contributed by atoms with Crippen molar-refractivity contribution in [3.05, 3.63) is 34.5 Å². The van der Waals surface area contributed by atoms with Crippen LogP contribution in [-0.4, -0.2) is 22.2 Å². The third-order valence-electron chi connectivity index (χ3n) is 1.83. The van der Waals surface area contributed by atoms with Gasteiger partial charge in [-0.25, -0.2) is 0 Å². The number of H-pyrrole nitrogens is 1. The van der Waals surface area contributed by atoms with Crippen molar-refractivity contribution >= 4 is 0 Å². The average Bonchev–Trinajstić information content (AvgIpc) is 2.68.